The number of amides is 2. The number of carbonyl (C=O) groups excluding carboxylic acids is 2. The molecular formula is C23H29N5O2. The zero-order chi connectivity index (χ0) is 21.1. The van der Waals surface area contributed by atoms with Crippen LogP contribution in [-0.2, 0) is 11.3 Å². The number of benzene rings is 1. The molecule has 7 nitrogen and oxygen atoms in total. The van der Waals surface area contributed by atoms with Crippen molar-refractivity contribution in [2.75, 3.05) is 32.7 Å². The molecule has 2 aromatic rings. The molecule has 7 heteroatoms. The molecule has 1 unspecified atom stereocenters. The monoisotopic (exact) mass is 407 g/mol. The fourth-order valence-electron chi connectivity index (χ4n) is 4.55. The zero-order valence-corrected chi connectivity index (χ0v) is 17.6. The van der Waals surface area contributed by atoms with Crippen LogP contribution in [0.5, 0.6) is 0 Å². The molecule has 2 saturated heterocycles. The predicted octanol–water partition coefficient (Wildman–Crippen LogP) is 1.82. The van der Waals surface area contributed by atoms with Crippen molar-refractivity contribution in [3.63, 3.8) is 0 Å². The maximum Gasteiger partial charge on any atom is 0.291 e. The number of hydrogen-bond donors (Lipinski definition) is 1. The van der Waals surface area contributed by atoms with Crippen LogP contribution in [0.4, 0.5) is 0 Å². The summed E-state index contributed by atoms with van der Waals surface area (Å²) in [7, 11) is 0. The molecule has 2 fully saturated rings. The summed E-state index contributed by atoms with van der Waals surface area (Å²) < 4.78 is 0. The second kappa shape index (κ2) is 8.52. The summed E-state index contributed by atoms with van der Waals surface area (Å²) in [5.74, 6) is 0.431. The molecule has 3 heterocycles. The fraction of sp³-hybridized carbons (Fsp3) is 0.478. The Labute approximate surface area is 177 Å². The van der Waals surface area contributed by atoms with E-state index < -0.39 is 0 Å². The van der Waals surface area contributed by atoms with E-state index in [9.17, 15) is 9.59 Å². The third kappa shape index (κ3) is 4.21. The summed E-state index contributed by atoms with van der Waals surface area (Å²) in [6.07, 6.45) is 3.16. The molecule has 1 aromatic heterocycles. The molecule has 1 N–H and O–H groups in total. The Morgan fingerprint density at radius 2 is 1.80 bits per heavy atom. The van der Waals surface area contributed by atoms with Gasteiger partial charge in [-0.3, -0.25) is 14.5 Å². The molecule has 1 aromatic carbocycles. The third-order valence-electron chi connectivity index (χ3n) is 6.02. The maximum absolute atomic E-state index is 13.0. The van der Waals surface area contributed by atoms with Gasteiger partial charge in [0.1, 0.15) is 0 Å². The van der Waals surface area contributed by atoms with Crippen molar-refractivity contribution in [2.24, 2.45) is 17.3 Å². The van der Waals surface area contributed by atoms with E-state index in [0.717, 1.165) is 13.1 Å². The minimum Gasteiger partial charge on any atom is -0.356 e. The molecule has 2 aliphatic heterocycles. The standard InChI is InChI=1S/C23H29N5O2/c1-17(2)11-26-21(29)19-13-27(12-18-7-4-3-5-8-18)14-23(19)15-28(16-23)22(30)20-24-9-6-10-25-20/h3-10,17,19H,11-16H2,1-2H3,(H,26,29). The lowest BCUT2D eigenvalue weighted by atomic mass is 9.71. The van der Waals surface area contributed by atoms with E-state index in [1.165, 1.54) is 5.56 Å². The molecule has 4 rings (SSSR count). The Hall–Kier alpha value is -2.80. The lowest BCUT2D eigenvalue weighted by Crippen LogP contribution is -2.64. The lowest BCUT2D eigenvalue weighted by molar-refractivity contribution is -0.131. The Balaban J connectivity index is 1.47. The van der Waals surface area contributed by atoms with Crippen molar-refractivity contribution >= 4 is 11.8 Å². The van der Waals surface area contributed by atoms with Crippen LogP contribution in [0.15, 0.2) is 48.8 Å². The van der Waals surface area contributed by atoms with Gasteiger partial charge in [0, 0.05) is 57.1 Å². The van der Waals surface area contributed by atoms with Gasteiger partial charge in [0.2, 0.25) is 11.7 Å². The minimum absolute atomic E-state index is 0.0994. The molecule has 0 aliphatic carbocycles. The fourth-order valence-corrected chi connectivity index (χ4v) is 4.55. The lowest BCUT2D eigenvalue weighted by Gasteiger charge is -2.50. The summed E-state index contributed by atoms with van der Waals surface area (Å²) in [5.41, 5.74) is 1.03. The van der Waals surface area contributed by atoms with Crippen molar-refractivity contribution in [3.8, 4) is 0 Å². The number of rotatable bonds is 6. The Morgan fingerprint density at radius 1 is 1.10 bits per heavy atom. The molecule has 30 heavy (non-hydrogen) atoms. The van der Waals surface area contributed by atoms with Gasteiger partial charge in [-0.2, -0.15) is 0 Å². The van der Waals surface area contributed by atoms with Crippen LogP contribution in [-0.4, -0.2) is 64.3 Å². The van der Waals surface area contributed by atoms with Crippen LogP contribution < -0.4 is 5.32 Å². The van der Waals surface area contributed by atoms with E-state index in [0.29, 0.717) is 32.1 Å². The largest absolute Gasteiger partial charge is 0.356 e. The van der Waals surface area contributed by atoms with Crippen LogP contribution in [0.2, 0.25) is 0 Å². The van der Waals surface area contributed by atoms with Crippen molar-refractivity contribution in [1.82, 2.24) is 25.1 Å². The number of aromatic nitrogens is 2. The van der Waals surface area contributed by atoms with E-state index in [2.05, 4.69) is 46.2 Å². The predicted molar refractivity (Wildman–Crippen MR) is 113 cm³/mol. The van der Waals surface area contributed by atoms with E-state index >= 15 is 0 Å². The molecule has 0 bridgehead atoms. The smallest absolute Gasteiger partial charge is 0.291 e. The van der Waals surface area contributed by atoms with E-state index in [1.54, 1.807) is 23.4 Å². The van der Waals surface area contributed by atoms with Gasteiger partial charge >= 0.3 is 0 Å². The second-order valence-electron chi connectivity index (χ2n) is 8.94. The van der Waals surface area contributed by atoms with Gasteiger partial charge in [-0.05, 0) is 17.5 Å². The van der Waals surface area contributed by atoms with Gasteiger partial charge in [-0.1, -0.05) is 44.2 Å². The number of carbonyl (C=O) groups is 2. The molecule has 0 radical (unpaired) electrons. The maximum atomic E-state index is 13.0. The van der Waals surface area contributed by atoms with Crippen molar-refractivity contribution in [2.45, 2.75) is 20.4 Å². The van der Waals surface area contributed by atoms with E-state index in [-0.39, 0.29) is 29.0 Å². The van der Waals surface area contributed by atoms with Crippen molar-refractivity contribution in [1.29, 1.82) is 0 Å². The first-order chi connectivity index (χ1) is 14.5. The highest BCUT2D eigenvalue weighted by Gasteiger charge is 2.57. The van der Waals surface area contributed by atoms with E-state index in [1.807, 2.05) is 18.2 Å². The van der Waals surface area contributed by atoms with Crippen LogP contribution in [0.1, 0.15) is 30.0 Å². The highest BCUT2D eigenvalue weighted by atomic mass is 16.2. The summed E-state index contributed by atoms with van der Waals surface area (Å²) in [5, 5.41) is 3.11. The summed E-state index contributed by atoms with van der Waals surface area (Å²) in [6, 6.07) is 12.0. The van der Waals surface area contributed by atoms with Gasteiger partial charge in [0.15, 0.2) is 0 Å². The van der Waals surface area contributed by atoms with Crippen molar-refractivity contribution < 1.29 is 9.59 Å². The molecule has 1 spiro atoms. The van der Waals surface area contributed by atoms with Gasteiger partial charge in [-0.15, -0.1) is 0 Å². The summed E-state index contributed by atoms with van der Waals surface area (Å²) in [4.78, 5) is 38.0. The van der Waals surface area contributed by atoms with Crippen LogP contribution in [0.3, 0.4) is 0 Å². The average molecular weight is 408 g/mol. The molecule has 0 saturated carbocycles. The van der Waals surface area contributed by atoms with Gasteiger partial charge < -0.3 is 10.2 Å². The number of nitrogens with one attached hydrogen (secondary N) is 1. The van der Waals surface area contributed by atoms with Crippen LogP contribution in [0, 0.1) is 17.3 Å². The minimum atomic E-state index is -0.208. The third-order valence-corrected chi connectivity index (χ3v) is 6.02. The molecule has 2 amide bonds. The van der Waals surface area contributed by atoms with Gasteiger partial charge in [-0.25, -0.2) is 9.97 Å². The van der Waals surface area contributed by atoms with Crippen LogP contribution in [0.25, 0.3) is 0 Å². The molecular weight excluding hydrogens is 378 g/mol. The highest BCUT2D eigenvalue weighted by Crippen LogP contribution is 2.44. The first-order valence-corrected chi connectivity index (χ1v) is 10.6. The zero-order valence-electron chi connectivity index (χ0n) is 17.6. The van der Waals surface area contributed by atoms with Gasteiger partial charge in [0.25, 0.3) is 5.91 Å². The molecule has 2 aliphatic rings. The summed E-state index contributed by atoms with van der Waals surface area (Å²) >= 11 is 0. The molecule has 158 valence electrons. The number of likely N-dealkylation sites (tertiary alicyclic amines) is 2. The van der Waals surface area contributed by atoms with Gasteiger partial charge in [0.05, 0.1) is 5.92 Å². The number of hydrogen-bond acceptors (Lipinski definition) is 5. The SMILES string of the molecule is CC(C)CNC(=O)C1CN(Cc2ccccc2)CC12CN(C(=O)c1ncccn1)C2. The second-order valence-corrected chi connectivity index (χ2v) is 8.94. The highest BCUT2D eigenvalue weighted by molar-refractivity contribution is 5.91. The normalized spacial score (nSPS) is 20.4. The first-order valence-electron chi connectivity index (χ1n) is 10.6. The number of nitrogens with zero attached hydrogens (tertiary/aromatic N) is 4. The van der Waals surface area contributed by atoms with E-state index in [4.69, 9.17) is 0 Å². The van der Waals surface area contributed by atoms with Crippen molar-refractivity contribution in [3.05, 3.63) is 60.2 Å². The molecule has 1 atom stereocenters. The Kier molecular flexibility index (Phi) is 5.81. The quantitative estimate of drug-likeness (QED) is 0.790. The first kappa shape index (κ1) is 20.5. The Bertz CT molecular complexity index is 881. The summed E-state index contributed by atoms with van der Waals surface area (Å²) in [6.45, 7) is 8.32. The topological polar surface area (TPSA) is 78.4 Å². The Morgan fingerprint density at radius 3 is 2.47 bits per heavy atom. The average Bonchev–Trinajstić information content (AvgIpc) is 3.11. The van der Waals surface area contributed by atoms with Crippen LogP contribution >= 0.6 is 0 Å².